The normalized spacial score (nSPS) is 25.9. The molecule has 0 radical (unpaired) electrons. The molecule has 0 aromatic heterocycles. The summed E-state index contributed by atoms with van der Waals surface area (Å²) in [5.74, 6) is -0.696. The highest BCUT2D eigenvalue weighted by atomic mass is 19.1. The van der Waals surface area contributed by atoms with Gasteiger partial charge in [0.05, 0.1) is 6.54 Å². The lowest BCUT2D eigenvalue weighted by molar-refractivity contribution is -0.139. The van der Waals surface area contributed by atoms with Crippen LogP contribution < -0.4 is 10.2 Å². The third-order valence-electron chi connectivity index (χ3n) is 6.69. The lowest BCUT2D eigenvalue weighted by atomic mass is 10.1. The van der Waals surface area contributed by atoms with Crippen molar-refractivity contribution in [3.63, 3.8) is 0 Å². The van der Waals surface area contributed by atoms with Crippen LogP contribution in [0.25, 0.3) is 0 Å². The van der Waals surface area contributed by atoms with Crippen molar-refractivity contribution in [1.29, 1.82) is 0 Å². The van der Waals surface area contributed by atoms with Crippen molar-refractivity contribution < 1.29 is 14.0 Å². The molecular weight excluding hydrogens is 409 g/mol. The maximum absolute atomic E-state index is 14.2. The van der Waals surface area contributed by atoms with Crippen molar-refractivity contribution >= 4 is 17.6 Å². The van der Waals surface area contributed by atoms with Crippen LogP contribution in [0.3, 0.4) is 0 Å². The number of halogens is 1. The van der Waals surface area contributed by atoms with Crippen LogP contribution >= 0.6 is 0 Å². The van der Waals surface area contributed by atoms with Gasteiger partial charge in [0, 0.05) is 31.4 Å². The molecule has 0 saturated carbocycles. The Labute approximate surface area is 187 Å². The number of aryl methyl sites for hydroxylation is 2. The summed E-state index contributed by atoms with van der Waals surface area (Å²) in [6.07, 6.45) is 0.294. The van der Waals surface area contributed by atoms with E-state index in [9.17, 15) is 14.0 Å². The zero-order valence-electron chi connectivity index (χ0n) is 18.6. The summed E-state index contributed by atoms with van der Waals surface area (Å²) in [5, 5.41) is 3.52. The van der Waals surface area contributed by atoms with Gasteiger partial charge in [0.2, 0.25) is 0 Å². The Morgan fingerprint density at radius 2 is 1.78 bits per heavy atom. The van der Waals surface area contributed by atoms with Gasteiger partial charge in [0.25, 0.3) is 5.91 Å². The fourth-order valence-electron chi connectivity index (χ4n) is 5.24. The van der Waals surface area contributed by atoms with E-state index in [4.69, 9.17) is 0 Å². The molecule has 7 nitrogen and oxygen atoms in total. The Bertz CT molecular complexity index is 1060. The molecule has 168 valence electrons. The number of fused-ring (bicyclic) bond motifs is 3. The molecule has 2 aromatic carbocycles. The van der Waals surface area contributed by atoms with Gasteiger partial charge < -0.3 is 9.80 Å². The van der Waals surface area contributed by atoms with E-state index in [0.29, 0.717) is 5.56 Å². The van der Waals surface area contributed by atoms with E-state index in [2.05, 4.69) is 47.2 Å². The van der Waals surface area contributed by atoms with Crippen LogP contribution in [0.5, 0.6) is 0 Å². The van der Waals surface area contributed by atoms with Crippen LogP contribution in [0.15, 0.2) is 42.5 Å². The molecular formula is C24H28FN5O2. The molecule has 5 rings (SSSR count). The van der Waals surface area contributed by atoms with E-state index in [1.807, 2.05) is 0 Å². The number of carbonyl (C=O) groups excluding carboxylic acids is 2. The molecule has 0 aliphatic carbocycles. The minimum absolute atomic E-state index is 0.0722. The second-order valence-electron chi connectivity index (χ2n) is 8.97. The lowest BCUT2D eigenvalue weighted by Crippen LogP contribution is -2.66. The molecule has 0 bridgehead atoms. The minimum Gasteiger partial charge on any atom is -0.343 e. The van der Waals surface area contributed by atoms with Crippen molar-refractivity contribution in [3.8, 4) is 0 Å². The first-order valence-electron chi connectivity index (χ1n) is 11.0. The fourth-order valence-corrected chi connectivity index (χ4v) is 5.24. The summed E-state index contributed by atoms with van der Waals surface area (Å²) in [4.78, 5) is 33.8. The molecule has 8 heteroatoms. The van der Waals surface area contributed by atoms with Gasteiger partial charge in [-0.05, 0) is 49.6 Å². The molecule has 0 spiro atoms. The highest BCUT2D eigenvalue weighted by Gasteiger charge is 2.56. The Kier molecular flexibility index (Phi) is 5.14. The van der Waals surface area contributed by atoms with Gasteiger partial charge >= 0.3 is 6.03 Å². The van der Waals surface area contributed by atoms with Gasteiger partial charge in [-0.1, -0.05) is 24.3 Å². The summed E-state index contributed by atoms with van der Waals surface area (Å²) >= 11 is 0. The quantitative estimate of drug-likeness (QED) is 0.800. The standard InChI is InChI=1S/C24H28FN5O2/c1-15-11-16(2)13-18(12-15)28-9-6-10-29-20-21(26-23(28)29)27(3)24(32)30(22(20)31)14-17-7-4-5-8-19(17)25/h4-5,7-8,11-13,20-21,23,26H,6,9-10,14H2,1-3H3. The van der Waals surface area contributed by atoms with Gasteiger partial charge in [-0.25, -0.2) is 9.18 Å². The van der Waals surface area contributed by atoms with E-state index < -0.39 is 24.1 Å². The lowest BCUT2D eigenvalue weighted by Gasteiger charge is -2.44. The van der Waals surface area contributed by atoms with E-state index in [1.54, 1.807) is 30.1 Å². The van der Waals surface area contributed by atoms with Crippen LogP contribution in [-0.4, -0.2) is 65.3 Å². The Balaban J connectivity index is 1.45. The zero-order valence-corrected chi connectivity index (χ0v) is 18.6. The highest BCUT2D eigenvalue weighted by Crippen LogP contribution is 2.34. The van der Waals surface area contributed by atoms with Crippen LogP contribution in [0.2, 0.25) is 0 Å². The number of nitrogens with one attached hydrogen (secondary N) is 1. The second-order valence-corrected chi connectivity index (χ2v) is 8.97. The summed E-state index contributed by atoms with van der Waals surface area (Å²) in [6.45, 7) is 5.70. The SMILES string of the molecule is Cc1cc(C)cc(N2CCCN3C4C(=O)N(Cc5ccccc5F)C(=O)N(C)C4NC23)c1. The largest absolute Gasteiger partial charge is 0.343 e. The van der Waals surface area contributed by atoms with Gasteiger partial charge in [-0.15, -0.1) is 0 Å². The smallest absolute Gasteiger partial charge is 0.328 e. The average Bonchev–Trinajstić information content (AvgIpc) is 3.16. The molecule has 3 unspecified atom stereocenters. The van der Waals surface area contributed by atoms with E-state index in [-0.39, 0.29) is 18.7 Å². The van der Waals surface area contributed by atoms with E-state index in [1.165, 1.54) is 22.1 Å². The van der Waals surface area contributed by atoms with Crippen LogP contribution in [0.1, 0.15) is 23.1 Å². The number of amides is 3. The van der Waals surface area contributed by atoms with Gasteiger partial charge in [0.1, 0.15) is 24.3 Å². The summed E-state index contributed by atoms with van der Waals surface area (Å²) < 4.78 is 14.2. The predicted octanol–water partition coefficient (Wildman–Crippen LogP) is 2.63. The predicted molar refractivity (Wildman–Crippen MR) is 119 cm³/mol. The second kappa shape index (κ2) is 7.86. The first-order valence-corrected chi connectivity index (χ1v) is 11.0. The summed E-state index contributed by atoms with van der Waals surface area (Å²) in [7, 11) is 1.70. The molecule has 32 heavy (non-hydrogen) atoms. The number of likely N-dealkylation sites (N-methyl/N-ethyl adjacent to an activating group) is 1. The van der Waals surface area contributed by atoms with Crippen LogP contribution in [0.4, 0.5) is 14.9 Å². The van der Waals surface area contributed by atoms with Crippen molar-refractivity contribution in [2.75, 3.05) is 25.0 Å². The number of rotatable bonds is 3. The average molecular weight is 438 g/mol. The molecule has 3 aliphatic heterocycles. The van der Waals surface area contributed by atoms with Crippen molar-refractivity contribution in [3.05, 3.63) is 65.0 Å². The molecule has 3 amide bonds. The topological polar surface area (TPSA) is 59.1 Å². The van der Waals surface area contributed by atoms with Crippen molar-refractivity contribution in [2.45, 2.75) is 45.3 Å². The number of hydrogen-bond acceptors (Lipinski definition) is 5. The third-order valence-corrected chi connectivity index (χ3v) is 6.69. The summed E-state index contributed by atoms with van der Waals surface area (Å²) in [6, 6.07) is 11.8. The number of benzene rings is 2. The number of nitrogens with zero attached hydrogens (tertiary/aromatic N) is 4. The number of urea groups is 1. The molecule has 3 saturated heterocycles. The van der Waals surface area contributed by atoms with Gasteiger partial charge in [0.15, 0.2) is 0 Å². The number of hydrogen-bond donors (Lipinski definition) is 1. The van der Waals surface area contributed by atoms with E-state index >= 15 is 0 Å². The van der Waals surface area contributed by atoms with Crippen LogP contribution in [-0.2, 0) is 11.3 Å². The monoisotopic (exact) mass is 437 g/mol. The maximum Gasteiger partial charge on any atom is 0.328 e. The fraction of sp³-hybridized carbons (Fsp3) is 0.417. The van der Waals surface area contributed by atoms with Gasteiger partial charge in [-0.3, -0.25) is 19.9 Å². The van der Waals surface area contributed by atoms with Gasteiger partial charge in [-0.2, -0.15) is 0 Å². The van der Waals surface area contributed by atoms with Crippen molar-refractivity contribution in [2.24, 2.45) is 0 Å². The molecule has 3 heterocycles. The van der Waals surface area contributed by atoms with E-state index in [0.717, 1.165) is 25.2 Å². The Hall–Kier alpha value is -2.97. The number of anilines is 1. The Morgan fingerprint density at radius 1 is 1.06 bits per heavy atom. The number of carbonyl (C=O) groups is 2. The van der Waals surface area contributed by atoms with Crippen LogP contribution in [0, 0.1) is 19.7 Å². The maximum atomic E-state index is 14.2. The molecule has 3 aliphatic rings. The first-order chi connectivity index (χ1) is 15.3. The molecule has 1 N–H and O–H groups in total. The Morgan fingerprint density at radius 3 is 2.50 bits per heavy atom. The number of imide groups is 1. The first kappa shape index (κ1) is 20.9. The summed E-state index contributed by atoms with van der Waals surface area (Å²) in [5.41, 5.74) is 3.81. The third kappa shape index (κ3) is 3.34. The molecule has 2 aromatic rings. The molecule has 3 atom stereocenters. The molecule has 3 fully saturated rings. The minimum atomic E-state index is -0.511. The highest BCUT2D eigenvalue weighted by molar-refractivity contribution is 6.00. The van der Waals surface area contributed by atoms with Crippen molar-refractivity contribution in [1.82, 2.24) is 20.0 Å². The zero-order chi connectivity index (χ0) is 22.6.